The molecule has 26 heavy (non-hydrogen) atoms. The normalized spacial score (nSPS) is 14.2. The van der Waals surface area contributed by atoms with Crippen molar-refractivity contribution in [2.24, 2.45) is 0 Å². The molecule has 6 nitrogen and oxygen atoms in total. The van der Waals surface area contributed by atoms with Crippen LogP contribution in [0.1, 0.15) is 50.7 Å². The molecular formula is C20H27NO5. The minimum absolute atomic E-state index is 0.120. The van der Waals surface area contributed by atoms with Gasteiger partial charge in [0.2, 0.25) is 5.60 Å². The van der Waals surface area contributed by atoms with Crippen LogP contribution in [-0.2, 0) is 25.5 Å². The molecule has 0 spiro atoms. The van der Waals surface area contributed by atoms with Crippen molar-refractivity contribution in [2.45, 2.75) is 57.7 Å². The van der Waals surface area contributed by atoms with Gasteiger partial charge in [-0.15, -0.1) is 0 Å². The predicted octanol–water partition coefficient (Wildman–Crippen LogP) is 3.13. The minimum atomic E-state index is -1.86. The molecule has 142 valence electrons. The standard InChI is InChI=1S/C20H27NO5/c1-3-5-11-25-18(15-22)20(19(23)24,26-12-6-4-2)13-16-9-7-8-10-17(16)14-21/h7-10,15,18H,3-6,11-13H2,1-2H3,(H,23,24). The topological polar surface area (TPSA) is 96.6 Å². The van der Waals surface area contributed by atoms with E-state index < -0.39 is 17.7 Å². The van der Waals surface area contributed by atoms with Gasteiger partial charge in [0.15, 0.2) is 12.4 Å². The van der Waals surface area contributed by atoms with E-state index in [0.717, 1.165) is 12.8 Å². The molecule has 0 aliphatic rings. The third-order valence-corrected chi connectivity index (χ3v) is 4.19. The molecule has 1 aromatic carbocycles. The highest BCUT2D eigenvalue weighted by Gasteiger charge is 2.49. The van der Waals surface area contributed by atoms with Crippen molar-refractivity contribution in [3.05, 3.63) is 35.4 Å². The molecule has 0 heterocycles. The van der Waals surface area contributed by atoms with Crippen molar-refractivity contribution in [1.29, 1.82) is 5.26 Å². The van der Waals surface area contributed by atoms with Crippen LogP contribution in [-0.4, -0.2) is 42.3 Å². The smallest absolute Gasteiger partial charge is 0.339 e. The summed E-state index contributed by atoms with van der Waals surface area (Å²) < 4.78 is 11.3. The number of nitrogens with zero attached hydrogens (tertiary/aromatic N) is 1. The number of unbranched alkanes of at least 4 members (excludes halogenated alkanes) is 2. The zero-order chi connectivity index (χ0) is 19.4. The van der Waals surface area contributed by atoms with Crippen molar-refractivity contribution in [2.75, 3.05) is 13.2 Å². The lowest BCUT2D eigenvalue weighted by Crippen LogP contribution is -2.56. The monoisotopic (exact) mass is 361 g/mol. The highest BCUT2D eigenvalue weighted by molar-refractivity contribution is 5.84. The Kier molecular flexibility index (Phi) is 9.56. The van der Waals surface area contributed by atoms with Crippen molar-refractivity contribution in [3.63, 3.8) is 0 Å². The Hall–Kier alpha value is -2.23. The second kappa shape index (κ2) is 11.4. The fraction of sp³-hybridized carbons (Fsp3) is 0.550. The van der Waals surface area contributed by atoms with Crippen molar-refractivity contribution in [1.82, 2.24) is 0 Å². The third-order valence-electron chi connectivity index (χ3n) is 4.19. The molecule has 0 amide bonds. The van der Waals surface area contributed by atoms with E-state index in [4.69, 9.17) is 9.47 Å². The van der Waals surface area contributed by atoms with Crippen LogP contribution in [0.5, 0.6) is 0 Å². The van der Waals surface area contributed by atoms with Gasteiger partial charge < -0.3 is 19.4 Å². The summed E-state index contributed by atoms with van der Waals surface area (Å²) in [5.41, 5.74) is -0.993. The molecule has 0 bridgehead atoms. The summed E-state index contributed by atoms with van der Waals surface area (Å²) in [5, 5.41) is 19.3. The Morgan fingerprint density at radius 2 is 1.92 bits per heavy atom. The minimum Gasteiger partial charge on any atom is -0.479 e. The first-order valence-corrected chi connectivity index (χ1v) is 8.97. The fourth-order valence-corrected chi connectivity index (χ4v) is 2.60. The van der Waals surface area contributed by atoms with Crippen LogP contribution in [0.25, 0.3) is 0 Å². The number of carbonyl (C=O) groups is 2. The Bertz CT molecular complexity index is 625. The number of aliphatic carboxylic acids is 1. The predicted molar refractivity (Wildman–Crippen MR) is 96.8 cm³/mol. The van der Waals surface area contributed by atoms with Gasteiger partial charge in [-0.25, -0.2) is 4.79 Å². The van der Waals surface area contributed by atoms with Gasteiger partial charge in [-0.05, 0) is 24.5 Å². The fourth-order valence-electron chi connectivity index (χ4n) is 2.60. The van der Waals surface area contributed by atoms with Crippen LogP contribution >= 0.6 is 0 Å². The third kappa shape index (κ3) is 5.65. The summed E-state index contributed by atoms with van der Waals surface area (Å²) in [6, 6.07) is 8.77. The Labute approximate surface area is 154 Å². The second-order valence-corrected chi connectivity index (χ2v) is 6.12. The number of hydrogen-bond acceptors (Lipinski definition) is 5. The second-order valence-electron chi connectivity index (χ2n) is 6.12. The van der Waals surface area contributed by atoms with Gasteiger partial charge in [0.25, 0.3) is 0 Å². The van der Waals surface area contributed by atoms with Crippen LogP contribution in [0.4, 0.5) is 0 Å². The average Bonchev–Trinajstić information content (AvgIpc) is 2.65. The van der Waals surface area contributed by atoms with Gasteiger partial charge in [0.1, 0.15) is 0 Å². The molecule has 1 aromatic rings. The van der Waals surface area contributed by atoms with Crippen molar-refractivity contribution in [3.8, 4) is 6.07 Å². The van der Waals surface area contributed by atoms with Gasteiger partial charge in [0.05, 0.1) is 11.6 Å². The molecule has 0 saturated carbocycles. The molecule has 1 N–H and O–H groups in total. The zero-order valence-electron chi connectivity index (χ0n) is 15.4. The quantitative estimate of drug-likeness (QED) is 0.428. The molecule has 6 heteroatoms. The first-order valence-electron chi connectivity index (χ1n) is 8.97. The lowest BCUT2D eigenvalue weighted by atomic mass is 9.87. The van der Waals surface area contributed by atoms with E-state index in [0.29, 0.717) is 30.3 Å². The van der Waals surface area contributed by atoms with E-state index in [9.17, 15) is 20.0 Å². The molecule has 0 radical (unpaired) electrons. The molecule has 2 unspecified atom stereocenters. The van der Waals surface area contributed by atoms with E-state index in [-0.39, 0.29) is 19.6 Å². The maximum atomic E-state index is 12.2. The number of benzene rings is 1. The highest BCUT2D eigenvalue weighted by Crippen LogP contribution is 2.27. The molecule has 1 rings (SSSR count). The zero-order valence-corrected chi connectivity index (χ0v) is 15.4. The largest absolute Gasteiger partial charge is 0.479 e. The number of rotatable bonds is 13. The van der Waals surface area contributed by atoms with E-state index in [1.165, 1.54) is 0 Å². The summed E-state index contributed by atoms with van der Waals surface area (Å²) in [7, 11) is 0. The van der Waals surface area contributed by atoms with Crippen molar-refractivity contribution >= 4 is 12.3 Å². The van der Waals surface area contributed by atoms with Gasteiger partial charge in [-0.1, -0.05) is 44.9 Å². The van der Waals surface area contributed by atoms with E-state index >= 15 is 0 Å². The first-order chi connectivity index (χ1) is 12.6. The summed E-state index contributed by atoms with van der Waals surface area (Å²) in [6.45, 7) is 4.40. The SMILES string of the molecule is CCCCOC(C=O)C(Cc1ccccc1C#N)(OCCCC)C(=O)O. The van der Waals surface area contributed by atoms with E-state index in [1.807, 2.05) is 13.8 Å². The summed E-state index contributed by atoms with van der Waals surface area (Å²) >= 11 is 0. The molecule has 0 saturated heterocycles. The van der Waals surface area contributed by atoms with Gasteiger partial charge in [-0.2, -0.15) is 5.26 Å². The summed E-state index contributed by atoms with van der Waals surface area (Å²) in [4.78, 5) is 23.9. The van der Waals surface area contributed by atoms with Gasteiger partial charge >= 0.3 is 5.97 Å². The Balaban J connectivity index is 3.25. The lowest BCUT2D eigenvalue weighted by molar-refractivity contribution is -0.189. The maximum absolute atomic E-state index is 12.2. The Morgan fingerprint density at radius 3 is 2.50 bits per heavy atom. The molecule has 0 aliphatic carbocycles. The number of nitriles is 1. The molecular weight excluding hydrogens is 334 g/mol. The van der Waals surface area contributed by atoms with Crippen LogP contribution in [0.3, 0.4) is 0 Å². The molecule has 0 fully saturated rings. The van der Waals surface area contributed by atoms with Crippen LogP contribution in [0.2, 0.25) is 0 Å². The Morgan fingerprint density at radius 1 is 1.27 bits per heavy atom. The van der Waals surface area contributed by atoms with E-state index in [2.05, 4.69) is 6.07 Å². The summed E-state index contributed by atoms with van der Waals surface area (Å²) in [6.07, 6.45) is 2.18. The van der Waals surface area contributed by atoms with Crippen LogP contribution < -0.4 is 0 Å². The first kappa shape index (κ1) is 21.8. The number of ether oxygens (including phenoxy) is 2. The van der Waals surface area contributed by atoms with Gasteiger partial charge in [0, 0.05) is 19.6 Å². The van der Waals surface area contributed by atoms with Crippen molar-refractivity contribution < 1.29 is 24.2 Å². The molecule has 0 aliphatic heterocycles. The van der Waals surface area contributed by atoms with Gasteiger partial charge in [-0.3, -0.25) is 0 Å². The number of carbonyl (C=O) groups excluding carboxylic acids is 1. The number of hydrogen-bond donors (Lipinski definition) is 1. The van der Waals surface area contributed by atoms with Crippen LogP contribution in [0, 0.1) is 11.3 Å². The average molecular weight is 361 g/mol. The van der Waals surface area contributed by atoms with E-state index in [1.54, 1.807) is 24.3 Å². The number of carboxylic acid groups (broad SMARTS) is 1. The maximum Gasteiger partial charge on any atom is 0.339 e. The highest BCUT2D eigenvalue weighted by atomic mass is 16.6. The summed E-state index contributed by atoms with van der Waals surface area (Å²) in [5.74, 6) is -1.27. The lowest BCUT2D eigenvalue weighted by Gasteiger charge is -2.34. The number of carboxylic acids is 1. The number of aldehydes is 1. The van der Waals surface area contributed by atoms with Crippen LogP contribution in [0.15, 0.2) is 24.3 Å². The molecule has 2 atom stereocenters. The molecule has 0 aromatic heterocycles.